The highest BCUT2D eigenvalue weighted by Crippen LogP contribution is 2.16. The third kappa shape index (κ3) is 6.18. The van der Waals surface area contributed by atoms with Crippen LogP contribution in [0.1, 0.15) is 29.8 Å². The summed E-state index contributed by atoms with van der Waals surface area (Å²) in [4.78, 5) is 18.4. The molecular formula is C24H30N6O. The summed E-state index contributed by atoms with van der Waals surface area (Å²) in [6.07, 6.45) is 1.95. The first-order valence-electron chi connectivity index (χ1n) is 10.3. The van der Waals surface area contributed by atoms with Crippen molar-refractivity contribution in [2.45, 2.75) is 26.4 Å². The Labute approximate surface area is 183 Å². The zero-order chi connectivity index (χ0) is 22.2. The van der Waals surface area contributed by atoms with E-state index in [4.69, 9.17) is 4.99 Å². The quantitative estimate of drug-likeness (QED) is 0.457. The molecule has 2 aromatic carbocycles. The topological polar surface area (TPSA) is 74.6 Å². The summed E-state index contributed by atoms with van der Waals surface area (Å²) in [7, 11) is 3.48. The van der Waals surface area contributed by atoms with Crippen molar-refractivity contribution in [1.82, 2.24) is 25.3 Å². The number of likely N-dealkylation sites (N-methyl/N-ethyl adjacent to an activating group) is 1. The molecule has 3 aromatic rings. The van der Waals surface area contributed by atoms with Crippen LogP contribution >= 0.6 is 0 Å². The molecule has 7 heteroatoms. The first kappa shape index (κ1) is 22.1. The van der Waals surface area contributed by atoms with Crippen LogP contribution in [0.2, 0.25) is 0 Å². The van der Waals surface area contributed by atoms with E-state index in [1.54, 1.807) is 19.0 Å². The first-order chi connectivity index (χ1) is 14.9. The second kappa shape index (κ2) is 10.4. The highest BCUT2D eigenvalue weighted by molar-refractivity contribution is 5.86. The molecule has 1 aromatic heterocycles. The van der Waals surface area contributed by atoms with E-state index in [-0.39, 0.29) is 18.5 Å². The van der Waals surface area contributed by atoms with E-state index >= 15 is 0 Å². The van der Waals surface area contributed by atoms with Gasteiger partial charge >= 0.3 is 0 Å². The number of nitrogens with one attached hydrogen (secondary N) is 2. The van der Waals surface area contributed by atoms with Gasteiger partial charge in [0.1, 0.15) is 0 Å². The number of hydrogen-bond donors (Lipinski definition) is 2. The third-order valence-corrected chi connectivity index (χ3v) is 4.93. The minimum atomic E-state index is -0.0192. The van der Waals surface area contributed by atoms with E-state index in [0.717, 1.165) is 22.5 Å². The minimum Gasteiger partial charge on any atom is -0.350 e. The Kier molecular flexibility index (Phi) is 7.43. The fourth-order valence-corrected chi connectivity index (χ4v) is 3.08. The number of carbonyl (C=O) groups is 1. The van der Waals surface area contributed by atoms with Crippen LogP contribution in [0.4, 0.5) is 0 Å². The maximum absolute atomic E-state index is 12.1. The van der Waals surface area contributed by atoms with Crippen LogP contribution in [0.15, 0.2) is 71.9 Å². The highest BCUT2D eigenvalue weighted by Gasteiger charge is 2.11. The number of aryl methyl sites for hydroxylation is 1. The van der Waals surface area contributed by atoms with Crippen molar-refractivity contribution < 1.29 is 4.79 Å². The largest absolute Gasteiger partial charge is 0.350 e. The summed E-state index contributed by atoms with van der Waals surface area (Å²) in [5, 5.41) is 11.1. The molecule has 1 unspecified atom stereocenters. The molecule has 1 heterocycles. The minimum absolute atomic E-state index is 0.0192. The summed E-state index contributed by atoms with van der Waals surface area (Å²) in [6.45, 7) is 4.65. The number of guanidine groups is 1. The monoisotopic (exact) mass is 418 g/mol. The molecule has 3 rings (SSSR count). The number of para-hydroxylation sites is 1. The van der Waals surface area contributed by atoms with Crippen molar-refractivity contribution in [1.29, 1.82) is 0 Å². The summed E-state index contributed by atoms with van der Waals surface area (Å²) in [5.74, 6) is 0.562. The highest BCUT2D eigenvalue weighted by atomic mass is 16.2. The molecule has 7 nitrogen and oxygen atoms in total. The Balaban J connectivity index is 1.81. The second-order valence-electron chi connectivity index (χ2n) is 7.61. The number of aliphatic imine (C=N–C) groups is 1. The van der Waals surface area contributed by atoms with E-state index in [0.29, 0.717) is 12.5 Å². The third-order valence-electron chi connectivity index (χ3n) is 4.93. The van der Waals surface area contributed by atoms with Crippen LogP contribution in [0.25, 0.3) is 5.69 Å². The average Bonchev–Trinajstić information content (AvgIpc) is 3.22. The lowest BCUT2D eigenvalue weighted by Gasteiger charge is -2.20. The Bertz CT molecular complexity index is 1030. The van der Waals surface area contributed by atoms with Gasteiger partial charge in [0.2, 0.25) is 5.91 Å². The molecule has 1 atom stereocenters. The number of rotatable bonds is 7. The molecule has 0 fully saturated rings. The van der Waals surface area contributed by atoms with Gasteiger partial charge in [0.05, 0.1) is 30.5 Å². The molecule has 0 aliphatic heterocycles. The lowest BCUT2D eigenvalue weighted by molar-refractivity contribution is -0.127. The molecule has 1 amide bonds. The van der Waals surface area contributed by atoms with E-state index in [1.165, 1.54) is 0 Å². The maximum Gasteiger partial charge on any atom is 0.241 e. The van der Waals surface area contributed by atoms with Gasteiger partial charge in [0.15, 0.2) is 5.96 Å². The molecular weight excluding hydrogens is 388 g/mol. The molecule has 0 saturated carbocycles. The van der Waals surface area contributed by atoms with Crippen molar-refractivity contribution in [3.63, 3.8) is 0 Å². The van der Waals surface area contributed by atoms with Crippen LogP contribution in [0.3, 0.4) is 0 Å². The van der Waals surface area contributed by atoms with E-state index in [9.17, 15) is 4.79 Å². The predicted octanol–water partition coefficient (Wildman–Crippen LogP) is 3.07. The average molecular weight is 419 g/mol. The zero-order valence-electron chi connectivity index (χ0n) is 18.5. The summed E-state index contributed by atoms with van der Waals surface area (Å²) in [6, 6.07) is 20.2. The summed E-state index contributed by atoms with van der Waals surface area (Å²) in [5.41, 5.74) is 4.13. The SMILES string of the molecule is Cc1ccn(-c2ccccc2CN=C(NCC(=O)N(C)C)NC(C)c2ccccc2)n1. The smallest absolute Gasteiger partial charge is 0.241 e. The van der Waals surface area contributed by atoms with Crippen LogP contribution in [-0.2, 0) is 11.3 Å². The van der Waals surface area contributed by atoms with Gasteiger partial charge in [-0.2, -0.15) is 5.10 Å². The zero-order valence-corrected chi connectivity index (χ0v) is 18.5. The van der Waals surface area contributed by atoms with E-state index < -0.39 is 0 Å². The Hall–Kier alpha value is -3.61. The number of benzene rings is 2. The number of carbonyl (C=O) groups excluding carboxylic acids is 1. The Morgan fingerprint density at radius 2 is 1.81 bits per heavy atom. The lowest BCUT2D eigenvalue weighted by atomic mass is 10.1. The number of nitrogens with zero attached hydrogens (tertiary/aromatic N) is 4. The van der Waals surface area contributed by atoms with Gasteiger partial charge in [-0.05, 0) is 37.1 Å². The standard InChI is InChI=1S/C24H30N6O/c1-18-14-15-30(28-18)22-13-9-8-12-21(22)16-25-24(26-17-23(31)29(3)4)27-19(2)20-10-6-5-7-11-20/h5-15,19H,16-17H2,1-4H3,(H2,25,26,27). The van der Waals surface area contributed by atoms with Gasteiger partial charge in [-0.25, -0.2) is 9.67 Å². The molecule has 0 aliphatic carbocycles. The van der Waals surface area contributed by atoms with Gasteiger partial charge in [-0.1, -0.05) is 48.5 Å². The van der Waals surface area contributed by atoms with Crippen molar-refractivity contribution in [3.05, 3.63) is 83.7 Å². The van der Waals surface area contributed by atoms with E-state index in [2.05, 4.69) is 34.8 Å². The van der Waals surface area contributed by atoms with Gasteiger partial charge in [0, 0.05) is 20.3 Å². The van der Waals surface area contributed by atoms with Crippen molar-refractivity contribution >= 4 is 11.9 Å². The number of hydrogen-bond acceptors (Lipinski definition) is 3. The lowest BCUT2D eigenvalue weighted by Crippen LogP contribution is -2.43. The summed E-state index contributed by atoms with van der Waals surface area (Å²) >= 11 is 0. The van der Waals surface area contributed by atoms with Crippen molar-refractivity contribution in [2.75, 3.05) is 20.6 Å². The van der Waals surface area contributed by atoms with Crippen molar-refractivity contribution in [3.8, 4) is 5.69 Å². The van der Waals surface area contributed by atoms with Gasteiger partial charge in [-0.3, -0.25) is 4.79 Å². The molecule has 0 saturated heterocycles. The Morgan fingerprint density at radius 1 is 1.10 bits per heavy atom. The number of aromatic nitrogens is 2. The van der Waals surface area contributed by atoms with Gasteiger partial charge < -0.3 is 15.5 Å². The molecule has 0 radical (unpaired) electrons. The molecule has 0 spiro atoms. The van der Waals surface area contributed by atoms with Crippen LogP contribution in [-0.4, -0.2) is 47.2 Å². The predicted molar refractivity (Wildman–Crippen MR) is 124 cm³/mol. The van der Waals surface area contributed by atoms with Crippen LogP contribution in [0, 0.1) is 6.92 Å². The van der Waals surface area contributed by atoms with Gasteiger partial charge in [-0.15, -0.1) is 0 Å². The Morgan fingerprint density at radius 3 is 2.48 bits per heavy atom. The first-order valence-corrected chi connectivity index (χ1v) is 10.3. The fraction of sp³-hybridized carbons (Fsp3) is 0.292. The van der Waals surface area contributed by atoms with Crippen LogP contribution < -0.4 is 10.6 Å². The molecule has 162 valence electrons. The molecule has 31 heavy (non-hydrogen) atoms. The normalized spacial score (nSPS) is 12.3. The maximum atomic E-state index is 12.1. The molecule has 0 bridgehead atoms. The molecule has 2 N–H and O–H groups in total. The summed E-state index contributed by atoms with van der Waals surface area (Å²) < 4.78 is 1.86. The fourth-order valence-electron chi connectivity index (χ4n) is 3.08. The van der Waals surface area contributed by atoms with Crippen molar-refractivity contribution in [2.24, 2.45) is 4.99 Å². The number of amides is 1. The van der Waals surface area contributed by atoms with E-state index in [1.807, 2.05) is 66.3 Å². The second-order valence-corrected chi connectivity index (χ2v) is 7.61. The molecule has 0 aliphatic rings. The van der Waals surface area contributed by atoms with Crippen LogP contribution in [0.5, 0.6) is 0 Å². The van der Waals surface area contributed by atoms with Gasteiger partial charge in [0.25, 0.3) is 0 Å².